The Kier molecular flexibility index (Phi) is 8.08. The molecule has 6 heteroatoms. The van der Waals surface area contributed by atoms with E-state index in [0.29, 0.717) is 23.9 Å². The quantitative estimate of drug-likeness (QED) is 0.415. The summed E-state index contributed by atoms with van der Waals surface area (Å²) in [4.78, 5) is 0. The van der Waals surface area contributed by atoms with Gasteiger partial charge in [-0.25, -0.2) is 0 Å². The standard InChI is InChI=1S/C26H30O6/c1-27-21-12-19(13-22(16-21)28-2)17-32-23-9-7-6-8-20(23)11-10-18-14-24(29-3)26(31-5)25(15-18)30-4/h6-9,12-16H,10-11,17H2,1-5H3. The molecule has 0 saturated carbocycles. The highest BCUT2D eigenvalue weighted by Crippen LogP contribution is 2.38. The van der Waals surface area contributed by atoms with E-state index < -0.39 is 0 Å². The van der Waals surface area contributed by atoms with Gasteiger partial charge in [0, 0.05) is 6.07 Å². The van der Waals surface area contributed by atoms with Crippen molar-refractivity contribution in [1.29, 1.82) is 0 Å². The van der Waals surface area contributed by atoms with Crippen molar-refractivity contribution in [2.24, 2.45) is 0 Å². The van der Waals surface area contributed by atoms with Crippen LogP contribution in [0.5, 0.6) is 34.5 Å². The first-order valence-electron chi connectivity index (χ1n) is 10.3. The number of rotatable bonds is 11. The molecule has 0 spiro atoms. The Bertz CT molecular complexity index is 983. The monoisotopic (exact) mass is 438 g/mol. The van der Waals surface area contributed by atoms with Gasteiger partial charge in [0.15, 0.2) is 11.5 Å². The van der Waals surface area contributed by atoms with Gasteiger partial charge in [0.2, 0.25) is 5.75 Å². The van der Waals surface area contributed by atoms with Crippen LogP contribution in [-0.2, 0) is 19.4 Å². The molecule has 0 bridgehead atoms. The number of hydrogen-bond acceptors (Lipinski definition) is 6. The van der Waals surface area contributed by atoms with Crippen LogP contribution in [0.3, 0.4) is 0 Å². The van der Waals surface area contributed by atoms with E-state index >= 15 is 0 Å². The molecule has 3 aromatic rings. The van der Waals surface area contributed by atoms with Gasteiger partial charge in [-0.1, -0.05) is 18.2 Å². The second kappa shape index (κ2) is 11.2. The van der Waals surface area contributed by atoms with E-state index in [1.807, 2.05) is 48.5 Å². The third-order valence-corrected chi connectivity index (χ3v) is 5.19. The number of ether oxygens (including phenoxy) is 6. The van der Waals surface area contributed by atoms with Gasteiger partial charge in [-0.2, -0.15) is 0 Å². The zero-order valence-electron chi connectivity index (χ0n) is 19.3. The fourth-order valence-corrected chi connectivity index (χ4v) is 3.52. The molecule has 170 valence electrons. The topological polar surface area (TPSA) is 55.4 Å². The molecule has 3 rings (SSSR count). The largest absolute Gasteiger partial charge is 0.497 e. The highest BCUT2D eigenvalue weighted by Gasteiger charge is 2.14. The number of para-hydroxylation sites is 1. The van der Waals surface area contributed by atoms with Gasteiger partial charge >= 0.3 is 0 Å². The highest BCUT2D eigenvalue weighted by atomic mass is 16.5. The smallest absolute Gasteiger partial charge is 0.203 e. The van der Waals surface area contributed by atoms with Gasteiger partial charge in [0.1, 0.15) is 23.9 Å². The van der Waals surface area contributed by atoms with Gasteiger partial charge in [0.25, 0.3) is 0 Å². The van der Waals surface area contributed by atoms with E-state index in [1.54, 1.807) is 35.5 Å². The summed E-state index contributed by atoms with van der Waals surface area (Å²) >= 11 is 0. The first-order chi connectivity index (χ1) is 15.6. The number of aryl methyl sites for hydroxylation is 2. The molecule has 0 radical (unpaired) electrons. The predicted octanol–water partition coefficient (Wildman–Crippen LogP) is 5.09. The summed E-state index contributed by atoms with van der Waals surface area (Å²) in [5.41, 5.74) is 3.18. The minimum absolute atomic E-state index is 0.411. The Labute approximate surface area is 189 Å². The van der Waals surface area contributed by atoms with Gasteiger partial charge in [-0.05, 0) is 59.9 Å². The maximum Gasteiger partial charge on any atom is 0.203 e. The van der Waals surface area contributed by atoms with Crippen LogP contribution in [0.15, 0.2) is 54.6 Å². The van der Waals surface area contributed by atoms with Crippen LogP contribution in [-0.4, -0.2) is 35.5 Å². The summed E-state index contributed by atoms with van der Waals surface area (Å²) in [5.74, 6) is 4.21. The Balaban J connectivity index is 1.74. The van der Waals surface area contributed by atoms with Gasteiger partial charge < -0.3 is 28.4 Å². The van der Waals surface area contributed by atoms with Gasteiger partial charge in [-0.15, -0.1) is 0 Å². The van der Waals surface area contributed by atoms with E-state index in [4.69, 9.17) is 28.4 Å². The minimum Gasteiger partial charge on any atom is -0.497 e. The minimum atomic E-state index is 0.411. The molecular weight excluding hydrogens is 408 g/mol. The molecule has 0 atom stereocenters. The summed E-state index contributed by atoms with van der Waals surface area (Å²) in [7, 11) is 8.12. The van der Waals surface area contributed by atoms with Crippen molar-refractivity contribution < 1.29 is 28.4 Å². The first-order valence-corrected chi connectivity index (χ1v) is 10.3. The Morgan fingerprint density at radius 2 is 1.19 bits per heavy atom. The molecule has 6 nitrogen and oxygen atoms in total. The van der Waals surface area contributed by atoms with Gasteiger partial charge in [-0.3, -0.25) is 0 Å². The normalized spacial score (nSPS) is 10.4. The van der Waals surface area contributed by atoms with Crippen LogP contribution < -0.4 is 28.4 Å². The SMILES string of the molecule is COc1cc(COc2ccccc2CCc2cc(OC)c(OC)c(OC)c2)cc(OC)c1. The number of hydrogen-bond donors (Lipinski definition) is 0. The van der Waals surface area contributed by atoms with E-state index in [1.165, 1.54) is 0 Å². The van der Waals surface area contributed by atoms with Crippen molar-refractivity contribution in [3.8, 4) is 34.5 Å². The first kappa shape index (κ1) is 23.1. The average molecular weight is 439 g/mol. The molecule has 0 N–H and O–H groups in total. The Morgan fingerprint density at radius 3 is 1.75 bits per heavy atom. The fraction of sp³-hybridized carbons (Fsp3) is 0.308. The number of methoxy groups -OCH3 is 5. The number of benzene rings is 3. The second-order valence-corrected chi connectivity index (χ2v) is 7.15. The molecule has 0 aromatic heterocycles. The molecule has 0 unspecified atom stereocenters. The summed E-state index contributed by atoms with van der Waals surface area (Å²) < 4.78 is 33.2. The van der Waals surface area contributed by atoms with Gasteiger partial charge in [0.05, 0.1) is 35.5 Å². The summed E-state index contributed by atoms with van der Waals surface area (Å²) in [6.45, 7) is 0.411. The van der Waals surface area contributed by atoms with Crippen LogP contribution in [0.4, 0.5) is 0 Å². The molecule has 0 saturated heterocycles. The highest BCUT2D eigenvalue weighted by molar-refractivity contribution is 5.54. The van der Waals surface area contributed by atoms with E-state index in [-0.39, 0.29) is 0 Å². The van der Waals surface area contributed by atoms with E-state index in [2.05, 4.69) is 6.07 Å². The van der Waals surface area contributed by atoms with Crippen molar-refractivity contribution in [2.45, 2.75) is 19.4 Å². The lowest BCUT2D eigenvalue weighted by atomic mass is 10.0. The third-order valence-electron chi connectivity index (χ3n) is 5.19. The van der Waals surface area contributed by atoms with Crippen LogP contribution in [0, 0.1) is 0 Å². The fourth-order valence-electron chi connectivity index (χ4n) is 3.52. The van der Waals surface area contributed by atoms with Crippen LogP contribution >= 0.6 is 0 Å². The molecule has 0 heterocycles. The molecule has 0 aliphatic carbocycles. The van der Waals surface area contributed by atoms with E-state index in [9.17, 15) is 0 Å². The molecule has 3 aromatic carbocycles. The molecule has 0 fully saturated rings. The lowest BCUT2D eigenvalue weighted by Crippen LogP contribution is -2.02. The molecule has 0 amide bonds. The maximum absolute atomic E-state index is 6.16. The van der Waals surface area contributed by atoms with Crippen LogP contribution in [0.1, 0.15) is 16.7 Å². The third kappa shape index (κ3) is 5.58. The predicted molar refractivity (Wildman–Crippen MR) is 124 cm³/mol. The molecule has 0 aliphatic rings. The Morgan fingerprint density at radius 1 is 0.562 bits per heavy atom. The molecule has 0 aliphatic heterocycles. The summed E-state index contributed by atoms with van der Waals surface area (Å²) in [6, 6.07) is 17.8. The summed E-state index contributed by atoms with van der Waals surface area (Å²) in [5, 5.41) is 0. The van der Waals surface area contributed by atoms with Crippen molar-refractivity contribution in [2.75, 3.05) is 35.5 Å². The average Bonchev–Trinajstić information content (AvgIpc) is 2.85. The van der Waals surface area contributed by atoms with Crippen molar-refractivity contribution in [3.63, 3.8) is 0 Å². The summed E-state index contributed by atoms with van der Waals surface area (Å²) in [6.07, 6.45) is 1.60. The molecular formula is C26H30O6. The zero-order valence-corrected chi connectivity index (χ0v) is 19.3. The van der Waals surface area contributed by atoms with Crippen molar-refractivity contribution in [3.05, 3.63) is 71.3 Å². The van der Waals surface area contributed by atoms with Crippen LogP contribution in [0.25, 0.3) is 0 Å². The van der Waals surface area contributed by atoms with Crippen molar-refractivity contribution in [1.82, 2.24) is 0 Å². The Hall–Kier alpha value is -3.54. The second-order valence-electron chi connectivity index (χ2n) is 7.15. The van der Waals surface area contributed by atoms with Crippen LogP contribution in [0.2, 0.25) is 0 Å². The lowest BCUT2D eigenvalue weighted by Gasteiger charge is -2.15. The molecule has 32 heavy (non-hydrogen) atoms. The maximum atomic E-state index is 6.16. The lowest BCUT2D eigenvalue weighted by molar-refractivity contribution is 0.300. The van der Waals surface area contributed by atoms with E-state index in [0.717, 1.165) is 46.8 Å². The van der Waals surface area contributed by atoms with Crippen molar-refractivity contribution >= 4 is 0 Å². The zero-order chi connectivity index (χ0) is 22.9.